The number of thiazole rings is 1. The van der Waals surface area contributed by atoms with Crippen molar-refractivity contribution in [1.82, 2.24) is 9.38 Å². The van der Waals surface area contributed by atoms with E-state index in [9.17, 15) is 5.11 Å². The number of aromatic nitrogens is 2. The second-order valence-electron chi connectivity index (χ2n) is 5.83. The van der Waals surface area contributed by atoms with Crippen LogP contribution >= 0.6 is 11.3 Å². The predicted molar refractivity (Wildman–Crippen MR) is 74.8 cm³/mol. The van der Waals surface area contributed by atoms with Gasteiger partial charge >= 0.3 is 0 Å². The first-order valence-electron chi connectivity index (χ1n) is 7.08. The fourth-order valence-electron chi connectivity index (χ4n) is 3.26. The van der Waals surface area contributed by atoms with Crippen molar-refractivity contribution in [2.24, 2.45) is 0 Å². The van der Waals surface area contributed by atoms with Crippen LogP contribution in [0.2, 0.25) is 0 Å². The van der Waals surface area contributed by atoms with Gasteiger partial charge in [0.05, 0.1) is 24.5 Å². The van der Waals surface area contributed by atoms with E-state index >= 15 is 0 Å². The van der Waals surface area contributed by atoms with E-state index in [0.29, 0.717) is 32.5 Å². The summed E-state index contributed by atoms with van der Waals surface area (Å²) >= 11 is 1.61. The van der Waals surface area contributed by atoms with Gasteiger partial charge in [-0.3, -0.25) is 4.40 Å². The number of nitrogens with zero attached hydrogens (tertiary/aromatic N) is 2. The molecule has 0 aromatic carbocycles. The van der Waals surface area contributed by atoms with Crippen molar-refractivity contribution >= 4 is 16.3 Å². The Morgan fingerprint density at radius 1 is 1.25 bits per heavy atom. The molecule has 1 saturated heterocycles. The second kappa shape index (κ2) is 4.53. The summed E-state index contributed by atoms with van der Waals surface area (Å²) in [7, 11) is 0. The van der Waals surface area contributed by atoms with Crippen LogP contribution < -0.4 is 0 Å². The summed E-state index contributed by atoms with van der Waals surface area (Å²) in [6, 6.07) is 0. The van der Waals surface area contributed by atoms with E-state index in [2.05, 4.69) is 4.98 Å². The Balaban J connectivity index is 1.47. The molecule has 2 aliphatic rings. The molecule has 1 aliphatic heterocycles. The van der Waals surface area contributed by atoms with Crippen LogP contribution in [0.15, 0.2) is 17.8 Å². The van der Waals surface area contributed by atoms with Gasteiger partial charge in [0, 0.05) is 37.0 Å². The van der Waals surface area contributed by atoms with E-state index in [1.54, 1.807) is 11.3 Å². The van der Waals surface area contributed by atoms with Crippen LogP contribution in [-0.2, 0) is 15.9 Å². The van der Waals surface area contributed by atoms with Crippen LogP contribution in [0.1, 0.15) is 31.4 Å². The molecule has 0 amide bonds. The molecule has 4 rings (SSSR count). The van der Waals surface area contributed by atoms with Crippen LogP contribution in [0.25, 0.3) is 4.96 Å². The minimum Gasteiger partial charge on any atom is -0.389 e. The van der Waals surface area contributed by atoms with E-state index < -0.39 is 11.4 Å². The molecule has 0 radical (unpaired) electrons. The highest BCUT2D eigenvalue weighted by Gasteiger charge is 2.45. The maximum absolute atomic E-state index is 10.8. The minimum atomic E-state index is -0.676. The third kappa shape index (κ3) is 2.16. The lowest BCUT2D eigenvalue weighted by molar-refractivity contribution is -0.202. The largest absolute Gasteiger partial charge is 0.389 e. The van der Waals surface area contributed by atoms with Crippen LogP contribution in [0.5, 0.6) is 0 Å². The number of hydrogen-bond acceptors (Lipinski definition) is 5. The molecule has 1 aliphatic carbocycles. The Labute approximate surface area is 121 Å². The molecule has 0 unspecified atom stereocenters. The molecule has 108 valence electrons. The third-order valence-electron chi connectivity index (χ3n) is 4.41. The summed E-state index contributed by atoms with van der Waals surface area (Å²) in [6.07, 6.45) is 7.57. The standard InChI is InChI=1S/C14H18N2O3S/c17-13(1-3-14(4-2-13)18-6-7-19-14)9-11-10-16-5-8-20-12(16)15-11/h5,8,10,17H,1-4,6-7,9H2. The maximum atomic E-state index is 10.8. The highest BCUT2D eigenvalue weighted by atomic mass is 32.1. The molecule has 5 nitrogen and oxygen atoms in total. The average Bonchev–Trinajstić information content (AvgIpc) is 3.10. The van der Waals surface area contributed by atoms with Gasteiger partial charge in [0.1, 0.15) is 0 Å². The fraction of sp³-hybridized carbons (Fsp3) is 0.643. The Hall–Kier alpha value is -0.950. The topological polar surface area (TPSA) is 56.0 Å². The predicted octanol–water partition coefficient (Wildman–Crippen LogP) is 1.99. The highest BCUT2D eigenvalue weighted by molar-refractivity contribution is 7.15. The quantitative estimate of drug-likeness (QED) is 0.920. The van der Waals surface area contributed by atoms with Crippen molar-refractivity contribution in [2.75, 3.05) is 13.2 Å². The summed E-state index contributed by atoms with van der Waals surface area (Å²) in [5.41, 5.74) is 0.286. The van der Waals surface area contributed by atoms with Crippen molar-refractivity contribution in [1.29, 1.82) is 0 Å². The molecule has 1 N–H and O–H groups in total. The highest BCUT2D eigenvalue weighted by Crippen LogP contribution is 2.41. The Kier molecular flexibility index (Phi) is 2.89. The first-order chi connectivity index (χ1) is 9.67. The molecule has 0 bridgehead atoms. The van der Waals surface area contributed by atoms with Crippen molar-refractivity contribution < 1.29 is 14.6 Å². The smallest absolute Gasteiger partial charge is 0.193 e. The van der Waals surface area contributed by atoms with Gasteiger partial charge in [-0.15, -0.1) is 11.3 Å². The van der Waals surface area contributed by atoms with Crippen molar-refractivity contribution in [3.05, 3.63) is 23.5 Å². The van der Waals surface area contributed by atoms with Crippen LogP contribution in [0.4, 0.5) is 0 Å². The first-order valence-corrected chi connectivity index (χ1v) is 7.96. The second-order valence-corrected chi connectivity index (χ2v) is 6.71. The molecular weight excluding hydrogens is 276 g/mol. The maximum Gasteiger partial charge on any atom is 0.193 e. The SMILES string of the molecule is OC1(Cc2cn3ccsc3n2)CCC2(CC1)OCCO2. The molecular formula is C14H18N2O3S. The van der Waals surface area contributed by atoms with E-state index in [1.807, 2.05) is 22.2 Å². The van der Waals surface area contributed by atoms with Gasteiger partial charge in [-0.25, -0.2) is 4.98 Å². The minimum absolute atomic E-state index is 0.416. The van der Waals surface area contributed by atoms with E-state index in [4.69, 9.17) is 9.47 Å². The molecule has 6 heteroatoms. The van der Waals surface area contributed by atoms with Crippen LogP contribution in [0.3, 0.4) is 0 Å². The summed E-state index contributed by atoms with van der Waals surface area (Å²) in [5.74, 6) is -0.416. The van der Waals surface area contributed by atoms with Gasteiger partial charge in [-0.05, 0) is 12.8 Å². The Morgan fingerprint density at radius 2 is 2.00 bits per heavy atom. The summed E-state index contributed by atoms with van der Waals surface area (Å²) in [6.45, 7) is 1.35. The van der Waals surface area contributed by atoms with E-state index in [1.165, 1.54) is 0 Å². The molecule has 20 heavy (non-hydrogen) atoms. The number of rotatable bonds is 2. The molecule has 1 spiro atoms. The lowest BCUT2D eigenvalue weighted by Gasteiger charge is -2.40. The number of hydrogen-bond donors (Lipinski definition) is 1. The molecule has 3 heterocycles. The Morgan fingerprint density at radius 3 is 2.70 bits per heavy atom. The van der Waals surface area contributed by atoms with Gasteiger partial charge in [0.15, 0.2) is 10.7 Å². The number of imidazole rings is 1. The van der Waals surface area contributed by atoms with E-state index in [-0.39, 0.29) is 0 Å². The van der Waals surface area contributed by atoms with Crippen LogP contribution in [-0.4, -0.2) is 39.1 Å². The Bertz CT molecular complexity index is 576. The van der Waals surface area contributed by atoms with Crippen molar-refractivity contribution in [3.63, 3.8) is 0 Å². The summed E-state index contributed by atoms with van der Waals surface area (Å²) in [4.78, 5) is 5.54. The van der Waals surface area contributed by atoms with Crippen LogP contribution in [0, 0.1) is 0 Å². The van der Waals surface area contributed by atoms with Crippen molar-refractivity contribution in [2.45, 2.75) is 43.5 Å². The van der Waals surface area contributed by atoms with Gasteiger partial charge in [-0.2, -0.15) is 0 Å². The molecule has 2 aromatic rings. The zero-order chi connectivity index (χ0) is 13.6. The lowest BCUT2D eigenvalue weighted by Crippen LogP contribution is -2.44. The summed E-state index contributed by atoms with van der Waals surface area (Å²) in [5, 5.41) is 12.8. The lowest BCUT2D eigenvalue weighted by atomic mass is 9.79. The molecule has 1 saturated carbocycles. The molecule has 2 aromatic heterocycles. The van der Waals surface area contributed by atoms with Gasteiger partial charge in [-0.1, -0.05) is 0 Å². The molecule has 0 atom stereocenters. The normalized spacial score (nSPS) is 24.6. The zero-order valence-corrected chi connectivity index (χ0v) is 12.1. The number of fused-ring (bicyclic) bond motifs is 1. The summed E-state index contributed by atoms with van der Waals surface area (Å²) < 4.78 is 13.4. The number of ether oxygens (including phenoxy) is 2. The zero-order valence-electron chi connectivity index (χ0n) is 11.2. The fourth-order valence-corrected chi connectivity index (χ4v) is 3.98. The average molecular weight is 294 g/mol. The van der Waals surface area contributed by atoms with Gasteiger partial charge < -0.3 is 14.6 Å². The van der Waals surface area contributed by atoms with E-state index in [0.717, 1.165) is 23.5 Å². The monoisotopic (exact) mass is 294 g/mol. The van der Waals surface area contributed by atoms with Gasteiger partial charge in [0.2, 0.25) is 0 Å². The molecule has 2 fully saturated rings. The van der Waals surface area contributed by atoms with Gasteiger partial charge in [0.25, 0.3) is 0 Å². The third-order valence-corrected chi connectivity index (χ3v) is 5.18. The number of aliphatic hydroxyl groups is 1. The van der Waals surface area contributed by atoms with Crippen molar-refractivity contribution in [3.8, 4) is 0 Å². The first kappa shape index (κ1) is 12.8.